The average Bonchev–Trinajstić information content (AvgIpc) is 3.12. The van der Waals surface area contributed by atoms with Crippen LogP contribution in [0.1, 0.15) is 16.7 Å². The first-order valence-electron chi connectivity index (χ1n) is 10.7. The van der Waals surface area contributed by atoms with Crippen LogP contribution in [-0.2, 0) is 16.0 Å². The van der Waals surface area contributed by atoms with Crippen LogP contribution in [0.4, 0.5) is 15.8 Å². The minimum absolute atomic E-state index is 0.171. The molecule has 1 saturated heterocycles. The summed E-state index contributed by atoms with van der Waals surface area (Å²) in [7, 11) is 0. The van der Waals surface area contributed by atoms with E-state index in [2.05, 4.69) is 5.32 Å². The van der Waals surface area contributed by atoms with Crippen molar-refractivity contribution in [2.24, 2.45) is 0 Å². The van der Waals surface area contributed by atoms with Crippen molar-refractivity contribution in [3.63, 3.8) is 0 Å². The van der Waals surface area contributed by atoms with Gasteiger partial charge >= 0.3 is 0 Å². The number of hydrogen-bond donors (Lipinski definition) is 1. The van der Waals surface area contributed by atoms with E-state index in [0.717, 1.165) is 16.7 Å². The zero-order chi connectivity index (χ0) is 24.2. The maximum Gasteiger partial charge on any atom is 0.269 e. The Labute approximate surface area is 201 Å². The summed E-state index contributed by atoms with van der Waals surface area (Å²) in [4.78, 5) is 28.0. The van der Waals surface area contributed by atoms with E-state index in [1.165, 1.54) is 40.9 Å². The molecule has 0 aliphatic carbocycles. The summed E-state index contributed by atoms with van der Waals surface area (Å²) < 4.78 is 13.2. The Bertz CT molecular complexity index is 1310. The molecule has 3 aromatic carbocycles. The van der Waals surface area contributed by atoms with Gasteiger partial charge in [0.2, 0.25) is 5.91 Å². The molecule has 0 radical (unpaired) electrons. The summed E-state index contributed by atoms with van der Waals surface area (Å²) in [5, 5.41) is 12.3. The lowest BCUT2D eigenvalue weighted by Crippen LogP contribution is -2.30. The van der Waals surface area contributed by atoms with Crippen LogP contribution < -0.4 is 10.2 Å². The van der Waals surface area contributed by atoms with Crippen molar-refractivity contribution >= 4 is 35.0 Å². The number of anilines is 2. The lowest BCUT2D eigenvalue weighted by molar-refractivity contribution is -0.117. The lowest BCUT2D eigenvalue weighted by atomic mass is 10.1. The van der Waals surface area contributed by atoms with Gasteiger partial charge in [-0.05, 0) is 62.2 Å². The lowest BCUT2D eigenvalue weighted by Gasteiger charge is -2.19. The van der Waals surface area contributed by atoms with Crippen molar-refractivity contribution in [3.05, 3.63) is 106 Å². The van der Waals surface area contributed by atoms with Crippen molar-refractivity contribution in [1.29, 1.82) is 5.26 Å². The molecule has 1 atom stereocenters. The number of rotatable bonds is 5. The minimum Gasteiger partial charge on any atom is -0.321 e. The van der Waals surface area contributed by atoms with Crippen LogP contribution in [0.3, 0.4) is 0 Å². The molecular weight excluding hydrogens is 449 g/mol. The Balaban J connectivity index is 1.72. The highest BCUT2D eigenvalue weighted by Crippen LogP contribution is 2.42. The Morgan fingerprint density at radius 1 is 1.06 bits per heavy atom. The third-order valence-corrected chi connectivity index (χ3v) is 6.67. The molecule has 1 heterocycles. The fourth-order valence-electron chi connectivity index (χ4n) is 3.70. The second kappa shape index (κ2) is 9.94. The topological polar surface area (TPSA) is 73.2 Å². The van der Waals surface area contributed by atoms with Crippen molar-refractivity contribution in [2.45, 2.75) is 25.5 Å². The second-order valence-corrected chi connectivity index (χ2v) is 9.25. The third-order valence-electron chi connectivity index (χ3n) is 5.40. The molecule has 4 rings (SSSR count). The first-order valence-corrected chi connectivity index (χ1v) is 11.6. The van der Waals surface area contributed by atoms with Gasteiger partial charge < -0.3 is 5.32 Å². The molecule has 34 heavy (non-hydrogen) atoms. The van der Waals surface area contributed by atoms with Crippen LogP contribution in [0, 0.1) is 31.0 Å². The van der Waals surface area contributed by atoms with Crippen LogP contribution >= 0.6 is 11.8 Å². The third kappa shape index (κ3) is 5.03. The summed E-state index contributed by atoms with van der Waals surface area (Å²) >= 11 is 1.21. The monoisotopic (exact) mass is 471 g/mol. The number of carbonyl (C=O) groups excluding carboxylic acids is 2. The Morgan fingerprint density at radius 2 is 1.76 bits per heavy atom. The predicted octanol–water partition coefficient (Wildman–Crippen LogP) is 5.51. The van der Waals surface area contributed by atoms with Gasteiger partial charge in [-0.2, -0.15) is 5.26 Å². The zero-order valence-corrected chi connectivity index (χ0v) is 19.5. The molecule has 1 N–H and O–H groups in total. The van der Waals surface area contributed by atoms with Gasteiger partial charge in [-0.1, -0.05) is 59.3 Å². The molecule has 7 heteroatoms. The van der Waals surface area contributed by atoms with E-state index >= 15 is 0 Å². The number of thioether (sulfide) groups is 1. The molecule has 0 unspecified atom stereocenters. The van der Waals surface area contributed by atoms with Gasteiger partial charge in [-0.3, -0.25) is 14.5 Å². The SMILES string of the molecule is Cc1ccc(N2C(=O)[C@@H](Cc3cccc(C)c3)S/C2=C(\C#N)C(=O)Nc2ccc(F)cc2)cc1. The van der Waals surface area contributed by atoms with Gasteiger partial charge in [0.05, 0.1) is 5.25 Å². The number of benzene rings is 3. The van der Waals surface area contributed by atoms with Gasteiger partial charge in [-0.15, -0.1) is 0 Å². The zero-order valence-electron chi connectivity index (χ0n) is 18.7. The number of nitrogens with one attached hydrogen (secondary N) is 1. The van der Waals surface area contributed by atoms with Crippen molar-refractivity contribution < 1.29 is 14.0 Å². The highest BCUT2D eigenvalue weighted by molar-refractivity contribution is 8.05. The van der Waals surface area contributed by atoms with Gasteiger partial charge in [0.25, 0.3) is 5.91 Å². The van der Waals surface area contributed by atoms with Crippen LogP contribution in [0.2, 0.25) is 0 Å². The Kier molecular flexibility index (Phi) is 6.80. The second-order valence-electron chi connectivity index (χ2n) is 8.06. The van der Waals surface area contributed by atoms with Gasteiger partial charge in [0.1, 0.15) is 22.5 Å². The standard InChI is InChI=1S/C27H22FN3O2S/c1-17-6-12-22(13-7-17)31-26(33)24(15-19-5-3-4-18(2)14-19)34-27(31)23(16-29)25(32)30-21-10-8-20(28)9-11-21/h3-14,24H,15H2,1-2H3,(H,30,32)/b27-23+/t24-/m1/s1. The van der Waals surface area contributed by atoms with Crippen LogP contribution in [0.5, 0.6) is 0 Å². The van der Waals surface area contributed by atoms with E-state index in [1.807, 2.05) is 56.3 Å². The van der Waals surface area contributed by atoms with Crippen molar-refractivity contribution in [3.8, 4) is 6.07 Å². The number of amides is 2. The van der Waals surface area contributed by atoms with Gasteiger partial charge in [-0.25, -0.2) is 4.39 Å². The van der Waals surface area contributed by atoms with Crippen LogP contribution in [0.15, 0.2) is 83.4 Å². The number of nitrogens with zero attached hydrogens (tertiary/aromatic N) is 2. The summed E-state index contributed by atoms with van der Waals surface area (Å²) in [6.07, 6.45) is 0.468. The number of aryl methyl sites for hydroxylation is 2. The molecule has 170 valence electrons. The average molecular weight is 472 g/mol. The van der Waals surface area contributed by atoms with E-state index in [4.69, 9.17) is 0 Å². The number of halogens is 1. The molecule has 2 amide bonds. The number of hydrogen-bond acceptors (Lipinski definition) is 4. The predicted molar refractivity (Wildman–Crippen MR) is 133 cm³/mol. The molecule has 3 aromatic rings. The van der Waals surface area contributed by atoms with E-state index in [0.29, 0.717) is 17.8 Å². The van der Waals surface area contributed by atoms with Gasteiger partial charge in [0, 0.05) is 11.4 Å². The van der Waals surface area contributed by atoms with Crippen LogP contribution in [0.25, 0.3) is 0 Å². The fraction of sp³-hybridized carbons (Fsp3) is 0.148. The smallest absolute Gasteiger partial charge is 0.269 e. The summed E-state index contributed by atoms with van der Waals surface area (Å²) in [6.45, 7) is 3.93. The van der Waals surface area contributed by atoms with E-state index in [-0.39, 0.29) is 16.5 Å². The Morgan fingerprint density at radius 3 is 2.41 bits per heavy atom. The first kappa shape index (κ1) is 23.3. The molecule has 1 aliphatic heterocycles. The molecule has 1 fully saturated rings. The molecule has 1 aliphatic rings. The molecular formula is C27H22FN3O2S. The molecule has 0 saturated carbocycles. The largest absolute Gasteiger partial charge is 0.321 e. The van der Waals surface area contributed by atoms with Crippen molar-refractivity contribution in [2.75, 3.05) is 10.2 Å². The summed E-state index contributed by atoms with van der Waals surface area (Å²) in [5.74, 6) is -1.27. The molecule has 0 spiro atoms. The fourth-order valence-corrected chi connectivity index (χ4v) is 5.00. The minimum atomic E-state index is -0.655. The van der Waals surface area contributed by atoms with E-state index in [9.17, 15) is 19.2 Å². The summed E-state index contributed by atoms with van der Waals surface area (Å²) in [6, 6.07) is 22.5. The van der Waals surface area contributed by atoms with E-state index < -0.39 is 17.0 Å². The number of nitriles is 1. The first-order chi connectivity index (χ1) is 16.4. The van der Waals surface area contributed by atoms with Gasteiger partial charge in [0.15, 0.2) is 0 Å². The highest BCUT2D eigenvalue weighted by Gasteiger charge is 2.40. The number of carbonyl (C=O) groups is 2. The molecule has 0 aromatic heterocycles. The van der Waals surface area contributed by atoms with E-state index in [1.54, 1.807) is 12.1 Å². The highest BCUT2D eigenvalue weighted by atomic mass is 32.2. The maximum atomic E-state index is 13.5. The molecule has 5 nitrogen and oxygen atoms in total. The molecule has 0 bridgehead atoms. The maximum absolute atomic E-state index is 13.5. The summed E-state index contributed by atoms with van der Waals surface area (Å²) in [5.41, 5.74) is 3.90. The van der Waals surface area contributed by atoms with Crippen LogP contribution in [-0.4, -0.2) is 17.1 Å². The quantitative estimate of drug-likeness (QED) is 0.394. The normalized spacial score (nSPS) is 16.8. The Hall–Kier alpha value is -3.89. The van der Waals surface area contributed by atoms with Crippen molar-refractivity contribution in [1.82, 2.24) is 0 Å².